The lowest BCUT2D eigenvalue weighted by Gasteiger charge is -2.24. The Labute approximate surface area is 113 Å². The van der Waals surface area contributed by atoms with Crippen molar-refractivity contribution in [2.24, 2.45) is 0 Å². The maximum Gasteiger partial charge on any atom is 0.227 e. The predicted molar refractivity (Wildman–Crippen MR) is 73.0 cm³/mol. The molecule has 4 nitrogen and oxygen atoms in total. The van der Waals surface area contributed by atoms with E-state index in [1.807, 2.05) is 12.1 Å². The maximum atomic E-state index is 12.2. The first-order valence-corrected chi connectivity index (χ1v) is 6.87. The van der Waals surface area contributed by atoms with Gasteiger partial charge in [-0.15, -0.1) is 0 Å². The van der Waals surface area contributed by atoms with E-state index >= 15 is 0 Å². The van der Waals surface area contributed by atoms with Crippen LogP contribution in [-0.4, -0.2) is 37.4 Å². The van der Waals surface area contributed by atoms with Gasteiger partial charge in [-0.25, -0.2) is 0 Å². The zero-order valence-corrected chi connectivity index (χ0v) is 11.1. The molecule has 1 aromatic rings. The topological polar surface area (TPSA) is 58.6 Å². The molecule has 0 heterocycles. The minimum atomic E-state index is -0.0252. The van der Waals surface area contributed by atoms with E-state index in [2.05, 4.69) is 17.4 Å². The van der Waals surface area contributed by atoms with Crippen LogP contribution in [0.4, 0.5) is 0 Å². The molecule has 0 saturated heterocycles. The molecule has 0 fully saturated rings. The van der Waals surface area contributed by atoms with Crippen molar-refractivity contribution in [2.75, 3.05) is 26.4 Å². The average Bonchev–Trinajstić information content (AvgIpc) is 2.46. The third-order valence-electron chi connectivity index (χ3n) is 3.47. The minimum Gasteiger partial charge on any atom is -0.394 e. The van der Waals surface area contributed by atoms with Crippen LogP contribution in [-0.2, 0) is 16.0 Å². The van der Waals surface area contributed by atoms with E-state index in [1.165, 1.54) is 11.1 Å². The Kier molecular flexibility index (Phi) is 5.36. The Morgan fingerprint density at radius 1 is 1.37 bits per heavy atom. The molecule has 1 atom stereocenters. The predicted octanol–water partition coefficient (Wildman–Crippen LogP) is 1.23. The number of carbonyl (C=O) groups excluding carboxylic acids is 1. The number of benzene rings is 1. The van der Waals surface area contributed by atoms with Crippen molar-refractivity contribution >= 4 is 5.91 Å². The normalized spacial score (nSPS) is 17.8. The van der Waals surface area contributed by atoms with Crippen LogP contribution < -0.4 is 5.32 Å². The van der Waals surface area contributed by atoms with Gasteiger partial charge in [-0.1, -0.05) is 24.3 Å². The van der Waals surface area contributed by atoms with Crippen molar-refractivity contribution < 1.29 is 14.6 Å². The number of nitrogens with one attached hydrogen (secondary N) is 1. The van der Waals surface area contributed by atoms with Gasteiger partial charge >= 0.3 is 0 Å². The second-order valence-corrected chi connectivity index (χ2v) is 4.77. The summed E-state index contributed by atoms with van der Waals surface area (Å²) in [5.74, 6) is 0.0579. The van der Waals surface area contributed by atoms with Crippen molar-refractivity contribution in [3.05, 3.63) is 35.4 Å². The molecule has 0 radical (unpaired) electrons. The van der Waals surface area contributed by atoms with E-state index in [9.17, 15) is 4.79 Å². The van der Waals surface area contributed by atoms with Crippen LogP contribution >= 0.6 is 0 Å². The fourth-order valence-corrected chi connectivity index (χ4v) is 2.56. The second kappa shape index (κ2) is 7.26. The Hall–Kier alpha value is -1.39. The zero-order valence-electron chi connectivity index (χ0n) is 11.1. The second-order valence-electron chi connectivity index (χ2n) is 4.77. The lowest BCUT2D eigenvalue weighted by Crippen LogP contribution is -2.33. The molecule has 0 spiro atoms. The molecular formula is C15H21NO3. The summed E-state index contributed by atoms with van der Waals surface area (Å²) in [5.41, 5.74) is 2.47. The third-order valence-corrected chi connectivity index (χ3v) is 3.47. The summed E-state index contributed by atoms with van der Waals surface area (Å²) in [5, 5.41) is 11.5. The number of amides is 1. The van der Waals surface area contributed by atoms with E-state index in [4.69, 9.17) is 9.84 Å². The van der Waals surface area contributed by atoms with Gasteiger partial charge in [-0.2, -0.15) is 0 Å². The Balaban J connectivity index is 1.86. The molecule has 104 valence electrons. The van der Waals surface area contributed by atoms with Crippen LogP contribution in [0, 0.1) is 0 Å². The molecule has 2 rings (SSSR count). The number of hydrogen-bond donors (Lipinski definition) is 2. The van der Waals surface area contributed by atoms with Crippen LogP contribution in [0.5, 0.6) is 0 Å². The lowest BCUT2D eigenvalue weighted by molar-refractivity contribution is -0.123. The molecule has 1 unspecified atom stereocenters. The summed E-state index contributed by atoms with van der Waals surface area (Å²) >= 11 is 0. The number of rotatable bonds is 6. The number of hydrogen-bond acceptors (Lipinski definition) is 3. The first kappa shape index (κ1) is 14.0. The third kappa shape index (κ3) is 3.78. The quantitative estimate of drug-likeness (QED) is 0.759. The van der Waals surface area contributed by atoms with Crippen LogP contribution in [0.3, 0.4) is 0 Å². The summed E-state index contributed by atoms with van der Waals surface area (Å²) in [6.07, 6.45) is 3.05. The highest BCUT2D eigenvalue weighted by atomic mass is 16.5. The van der Waals surface area contributed by atoms with Gasteiger partial charge in [0.15, 0.2) is 0 Å². The molecule has 0 aromatic heterocycles. The lowest BCUT2D eigenvalue weighted by atomic mass is 9.82. The van der Waals surface area contributed by atoms with Crippen molar-refractivity contribution in [2.45, 2.75) is 25.2 Å². The highest BCUT2D eigenvalue weighted by molar-refractivity contribution is 5.84. The number of aryl methyl sites for hydroxylation is 1. The monoisotopic (exact) mass is 263 g/mol. The van der Waals surface area contributed by atoms with E-state index in [0.29, 0.717) is 19.8 Å². The number of fused-ring (bicyclic) bond motifs is 1. The van der Waals surface area contributed by atoms with Gasteiger partial charge in [-0.3, -0.25) is 4.79 Å². The number of ether oxygens (including phenoxy) is 1. The molecule has 1 aliphatic carbocycles. The van der Waals surface area contributed by atoms with Crippen LogP contribution in [0.25, 0.3) is 0 Å². The van der Waals surface area contributed by atoms with Crippen LogP contribution in [0.1, 0.15) is 29.9 Å². The fraction of sp³-hybridized carbons (Fsp3) is 0.533. The van der Waals surface area contributed by atoms with Crippen molar-refractivity contribution in [1.82, 2.24) is 5.32 Å². The largest absolute Gasteiger partial charge is 0.394 e. The van der Waals surface area contributed by atoms with Crippen molar-refractivity contribution in [3.63, 3.8) is 0 Å². The molecule has 0 bridgehead atoms. The van der Waals surface area contributed by atoms with Gasteiger partial charge < -0.3 is 15.2 Å². The van der Waals surface area contributed by atoms with E-state index in [0.717, 1.165) is 19.3 Å². The summed E-state index contributed by atoms with van der Waals surface area (Å²) in [4.78, 5) is 12.2. The van der Waals surface area contributed by atoms with Gasteiger partial charge in [0.25, 0.3) is 0 Å². The molecule has 2 N–H and O–H groups in total. The Morgan fingerprint density at radius 2 is 2.21 bits per heavy atom. The zero-order chi connectivity index (χ0) is 13.5. The first-order valence-electron chi connectivity index (χ1n) is 6.87. The molecule has 1 aromatic carbocycles. The molecule has 19 heavy (non-hydrogen) atoms. The van der Waals surface area contributed by atoms with Gasteiger partial charge in [0.1, 0.15) is 0 Å². The molecule has 1 aliphatic rings. The molecule has 1 amide bonds. The fourth-order valence-electron chi connectivity index (χ4n) is 2.56. The summed E-state index contributed by atoms with van der Waals surface area (Å²) < 4.78 is 5.13. The minimum absolute atomic E-state index is 0.0178. The molecular weight excluding hydrogens is 242 g/mol. The summed E-state index contributed by atoms with van der Waals surface area (Å²) in [6.45, 7) is 1.28. The van der Waals surface area contributed by atoms with E-state index < -0.39 is 0 Å². The SMILES string of the molecule is O=C(NCCOCCO)C1CCCc2ccccc21. The molecule has 4 heteroatoms. The highest BCUT2D eigenvalue weighted by Gasteiger charge is 2.25. The van der Waals surface area contributed by atoms with Gasteiger partial charge in [0.2, 0.25) is 5.91 Å². The highest BCUT2D eigenvalue weighted by Crippen LogP contribution is 2.31. The van der Waals surface area contributed by atoms with Crippen LogP contribution in [0.15, 0.2) is 24.3 Å². The smallest absolute Gasteiger partial charge is 0.227 e. The van der Waals surface area contributed by atoms with Gasteiger partial charge in [-0.05, 0) is 30.4 Å². The average molecular weight is 263 g/mol. The number of aliphatic hydroxyl groups is 1. The maximum absolute atomic E-state index is 12.2. The van der Waals surface area contributed by atoms with Gasteiger partial charge in [0.05, 0.1) is 25.7 Å². The van der Waals surface area contributed by atoms with E-state index in [-0.39, 0.29) is 18.4 Å². The van der Waals surface area contributed by atoms with E-state index in [1.54, 1.807) is 0 Å². The first-order chi connectivity index (χ1) is 9.33. The molecule has 0 aliphatic heterocycles. The van der Waals surface area contributed by atoms with Gasteiger partial charge in [0, 0.05) is 6.54 Å². The van der Waals surface area contributed by atoms with Crippen molar-refractivity contribution in [3.8, 4) is 0 Å². The Bertz CT molecular complexity index is 420. The van der Waals surface area contributed by atoms with Crippen LogP contribution in [0.2, 0.25) is 0 Å². The standard InChI is InChI=1S/C15H21NO3/c17-9-11-19-10-8-16-15(18)14-7-3-5-12-4-1-2-6-13(12)14/h1-2,4,6,14,17H,3,5,7-11H2,(H,16,18). The number of carbonyl (C=O) groups is 1. The summed E-state index contributed by atoms with van der Waals surface area (Å²) in [7, 11) is 0. The summed E-state index contributed by atoms with van der Waals surface area (Å²) in [6, 6.07) is 8.19. The number of aliphatic hydroxyl groups excluding tert-OH is 1. The molecule has 0 saturated carbocycles. The van der Waals surface area contributed by atoms with Crippen molar-refractivity contribution in [1.29, 1.82) is 0 Å². The Morgan fingerprint density at radius 3 is 3.05 bits per heavy atom.